The van der Waals surface area contributed by atoms with Gasteiger partial charge >= 0.3 is 0 Å². The first-order valence-electron chi connectivity index (χ1n) is 17.7. The van der Waals surface area contributed by atoms with E-state index in [-0.39, 0.29) is 5.41 Å². The largest absolute Gasteiger partial charge is 0.310 e. The molecule has 2 heteroatoms. The first-order valence-corrected chi connectivity index (χ1v) is 18.5. The average Bonchev–Trinajstić information content (AvgIpc) is 3.68. The van der Waals surface area contributed by atoms with Crippen LogP contribution in [0.3, 0.4) is 0 Å². The van der Waals surface area contributed by atoms with Crippen molar-refractivity contribution in [1.82, 2.24) is 0 Å². The van der Waals surface area contributed by atoms with Crippen LogP contribution in [0.2, 0.25) is 0 Å². The Labute approximate surface area is 302 Å². The Balaban J connectivity index is 1.13. The molecule has 0 radical (unpaired) electrons. The number of fused-ring (bicyclic) bond motifs is 8. The average molecular weight is 670 g/mol. The zero-order valence-electron chi connectivity index (χ0n) is 28.6. The number of nitrogens with zero attached hydrogens (tertiary/aromatic N) is 1. The molecule has 51 heavy (non-hydrogen) atoms. The minimum Gasteiger partial charge on any atom is -0.310 e. The summed E-state index contributed by atoms with van der Waals surface area (Å²) in [5.74, 6) is 0. The molecule has 0 fully saturated rings. The maximum Gasteiger partial charge on any atom is 0.0540 e. The molecule has 1 heterocycles. The summed E-state index contributed by atoms with van der Waals surface area (Å²) in [6.07, 6.45) is 0. The van der Waals surface area contributed by atoms with Crippen LogP contribution in [0, 0.1) is 0 Å². The van der Waals surface area contributed by atoms with E-state index in [2.05, 4.69) is 195 Å². The van der Waals surface area contributed by atoms with Crippen LogP contribution in [0.15, 0.2) is 176 Å². The van der Waals surface area contributed by atoms with Gasteiger partial charge in [0.15, 0.2) is 0 Å². The Morgan fingerprint density at radius 1 is 0.412 bits per heavy atom. The molecule has 1 nitrogen and oxygen atoms in total. The number of hydrogen-bond donors (Lipinski definition) is 0. The molecule has 10 rings (SSSR count). The minimum absolute atomic E-state index is 0.0919. The number of thiophene rings is 1. The molecule has 0 bridgehead atoms. The molecule has 1 aliphatic carbocycles. The lowest BCUT2D eigenvalue weighted by Crippen LogP contribution is -2.16. The van der Waals surface area contributed by atoms with Gasteiger partial charge in [-0.3, -0.25) is 0 Å². The van der Waals surface area contributed by atoms with Crippen LogP contribution in [0.5, 0.6) is 0 Å². The summed E-state index contributed by atoms with van der Waals surface area (Å²) in [6, 6.07) is 64.8. The predicted octanol–water partition coefficient (Wildman–Crippen LogP) is 14.3. The monoisotopic (exact) mass is 669 g/mol. The van der Waals surface area contributed by atoms with Gasteiger partial charge in [0, 0.05) is 47.7 Å². The standard InChI is InChI=1S/C49H35NS/c1-49(2)44-16-8-6-13-38(44)39-28-27-37(31-45(39)49)50(36-25-23-35(24-26-36)34-21-19-33(20-22-34)32-11-4-3-5-12-32)46-17-10-15-42-40(46)29-30-43-41-14-7-9-18-47(41)51-48(42)43/h3-31H,1-2H3. The molecule has 0 saturated carbocycles. The molecule has 9 aromatic rings. The molecule has 0 atom stereocenters. The third kappa shape index (κ3) is 4.75. The number of benzene rings is 8. The first-order chi connectivity index (χ1) is 25.0. The fraction of sp³-hybridized carbons (Fsp3) is 0.0612. The zero-order valence-corrected chi connectivity index (χ0v) is 29.4. The van der Waals surface area contributed by atoms with Gasteiger partial charge in [0.25, 0.3) is 0 Å². The van der Waals surface area contributed by atoms with E-state index in [0.717, 1.165) is 5.69 Å². The SMILES string of the molecule is CC1(C)c2ccccc2-c2ccc(N(c3ccc(-c4ccc(-c5ccccc5)cc4)cc3)c3cccc4c3ccc3c5ccccc5sc43)cc21. The topological polar surface area (TPSA) is 3.24 Å². The van der Waals surface area contributed by atoms with Crippen molar-refractivity contribution in [2.24, 2.45) is 0 Å². The van der Waals surface area contributed by atoms with Crippen molar-refractivity contribution in [2.45, 2.75) is 19.3 Å². The van der Waals surface area contributed by atoms with Crippen molar-refractivity contribution in [2.75, 3.05) is 4.90 Å². The van der Waals surface area contributed by atoms with Gasteiger partial charge in [-0.15, -0.1) is 11.3 Å². The van der Waals surface area contributed by atoms with Gasteiger partial charge in [0.05, 0.1) is 5.69 Å². The molecule has 0 saturated heterocycles. The molecule has 8 aromatic carbocycles. The fourth-order valence-electron chi connectivity index (χ4n) is 8.27. The van der Waals surface area contributed by atoms with Gasteiger partial charge in [0.1, 0.15) is 0 Å². The quantitative estimate of drug-likeness (QED) is 0.176. The summed E-state index contributed by atoms with van der Waals surface area (Å²) in [6.45, 7) is 4.72. The fourth-order valence-corrected chi connectivity index (χ4v) is 9.50. The Bertz CT molecular complexity index is 2750. The molecule has 242 valence electrons. The molecule has 1 aliphatic rings. The molecular weight excluding hydrogens is 635 g/mol. The minimum atomic E-state index is -0.0919. The van der Waals surface area contributed by atoms with Crippen molar-refractivity contribution >= 4 is 59.3 Å². The van der Waals surface area contributed by atoms with Crippen LogP contribution in [0.1, 0.15) is 25.0 Å². The van der Waals surface area contributed by atoms with E-state index in [0.29, 0.717) is 0 Å². The van der Waals surface area contributed by atoms with E-state index < -0.39 is 0 Å². The van der Waals surface area contributed by atoms with Gasteiger partial charge in [-0.2, -0.15) is 0 Å². The molecule has 0 unspecified atom stereocenters. The smallest absolute Gasteiger partial charge is 0.0540 e. The van der Waals surface area contributed by atoms with Crippen LogP contribution in [-0.4, -0.2) is 0 Å². The molecule has 0 spiro atoms. The van der Waals surface area contributed by atoms with Crippen molar-refractivity contribution in [3.05, 3.63) is 187 Å². The summed E-state index contributed by atoms with van der Waals surface area (Å²) in [5, 5.41) is 5.20. The lowest BCUT2D eigenvalue weighted by molar-refractivity contribution is 0.660. The highest BCUT2D eigenvalue weighted by molar-refractivity contribution is 7.26. The van der Waals surface area contributed by atoms with Crippen LogP contribution >= 0.6 is 11.3 Å². The van der Waals surface area contributed by atoms with E-state index >= 15 is 0 Å². The van der Waals surface area contributed by atoms with E-state index in [1.165, 1.54) is 86.8 Å². The van der Waals surface area contributed by atoms with Crippen LogP contribution in [0.25, 0.3) is 64.3 Å². The van der Waals surface area contributed by atoms with Gasteiger partial charge in [-0.05, 0) is 80.9 Å². The number of anilines is 3. The van der Waals surface area contributed by atoms with Gasteiger partial charge in [-0.1, -0.05) is 153 Å². The van der Waals surface area contributed by atoms with E-state index in [9.17, 15) is 0 Å². The van der Waals surface area contributed by atoms with E-state index in [1.807, 2.05) is 11.3 Å². The zero-order chi connectivity index (χ0) is 34.1. The predicted molar refractivity (Wildman–Crippen MR) is 220 cm³/mol. The maximum atomic E-state index is 2.46. The summed E-state index contributed by atoms with van der Waals surface area (Å²) < 4.78 is 2.67. The molecule has 1 aromatic heterocycles. The Morgan fingerprint density at radius 3 is 1.76 bits per heavy atom. The first kappa shape index (κ1) is 29.9. The molecule has 0 aliphatic heterocycles. The van der Waals surface area contributed by atoms with Crippen LogP contribution < -0.4 is 4.90 Å². The summed E-state index contributed by atoms with van der Waals surface area (Å²) in [7, 11) is 0. The van der Waals surface area contributed by atoms with Crippen LogP contribution in [0.4, 0.5) is 17.1 Å². The molecule has 0 amide bonds. The van der Waals surface area contributed by atoms with Crippen molar-refractivity contribution in [3.63, 3.8) is 0 Å². The van der Waals surface area contributed by atoms with Crippen LogP contribution in [-0.2, 0) is 5.41 Å². The highest BCUT2D eigenvalue weighted by Gasteiger charge is 2.35. The maximum absolute atomic E-state index is 2.46. The van der Waals surface area contributed by atoms with Gasteiger partial charge < -0.3 is 4.90 Å². The highest BCUT2D eigenvalue weighted by atomic mass is 32.1. The Morgan fingerprint density at radius 2 is 0.980 bits per heavy atom. The van der Waals surface area contributed by atoms with Crippen molar-refractivity contribution < 1.29 is 0 Å². The lowest BCUT2D eigenvalue weighted by Gasteiger charge is -2.29. The second kappa shape index (κ2) is 11.6. The second-order valence-corrected chi connectivity index (χ2v) is 15.2. The number of hydrogen-bond acceptors (Lipinski definition) is 2. The van der Waals surface area contributed by atoms with Gasteiger partial charge in [0.2, 0.25) is 0 Å². The summed E-state index contributed by atoms with van der Waals surface area (Å²) in [5.41, 5.74) is 13.7. The van der Waals surface area contributed by atoms with Crippen molar-refractivity contribution in [1.29, 1.82) is 0 Å². The second-order valence-electron chi connectivity index (χ2n) is 14.1. The Kier molecular flexibility index (Phi) is 6.78. The van der Waals surface area contributed by atoms with E-state index in [1.54, 1.807) is 0 Å². The molecule has 0 N–H and O–H groups in total. The lowest BCUT2D eigenvalue weighted by atomic mass is 9.82. The normalized spacial score (nSPS) is 13.1. The highest BCUT2D eigenvalue weighted by Crippen LogP contribution is 2.51. The molecular formula is C49H35NS. The number of rotatable bonds is 5. The summed E-state index contributed by atoms with van der Waals surface area (Å²) >= 11 is 1.89. The van der Waals surface area contributed by atoms with Crippen molar-refractivity contribution in [3.8, 4) is 33.4 Å². The third-order valence-corrected chi connectivity index (χ3v) is 12.1. The Hall–Kier alpha value is -5.96. The summed E-state index contributed by atoms with van der Waals surface area (Å²) in [4.78, 5) is 2.46. The third-order valence-electron chi connectivity index (χ3n) is 10.9. The van der Waals surface area contributed by atoms with E-state index in [4.69, 9.17) is 0 Å². The van der Waals surface area contributed by atoms with Gasteiger partial charge in [-0.25, -0.2) is 0 Å².